The Labute approximate surface area is 174 Å². The van der Waals surface area contributed by atoms with E-state index in [2.05, 4.69) is 43.9 Å². The van der Waals surface area contributed by atoms with Gasteiger partial charge in [-0.1, -0.05) is 13.8 Å². The van der Waals surface area contributed by atoms with Crippen LogP contribution in [0.2, 0.25) is 0 Å². The Balaban J connectivity index is 1.37. The molecule has 1 atom stereocenters. The Bertz CT molecular complexity index is 671. The van der Waals surface area contributed by atoms with Gasteiger partial charge in [0.2, 0.25) is 11.9 Å². The molecule has 3 rings (SSSR count). The zero-order chi connectivity index (χ0) is 20.6. The summed E-state index contributed by atoms with van der Waals surface area (Å²) in [6, 6.07) is 1.82. The molecule has 2 fully saturated rings. The van der Waals surface area contributed by atoms with E-state index in [0.29, 0.717) is 13.0 Å². The molecule has 1 aromatic rings. The zero-order valence-electron chi connectivity index (χ0n) is 18.0. The largest absolute Gasteiger partial charge is 0.356 e. The van der Waals surface area contributed by atoms with E-state index < -0.39 is 0 Å². The van der Waals surface area contributed by atoms with Crippen LogP contribution in [0.4, 0.5) is 5.95 Å². The van der Waals surface area contributed by atoms with Crippen molar-refractivity contribution in [1.29, 1.82) is 0 Å². The molecule has 1 aromatic heterocycles. The first-order valence-electron chi connectivity index (χ1n) is 10.8. The lowest BCUT2D eigenvalue weighted by atomic mass is 9.97. The zero-order valence-corrected chi connectivity index (χ0v) is 18.0. The summed E-state index contributed by atoms with van der Waals surface area (Å²) in [6.07, 6.45) is 6.50. The molecule has 3 heterocycles. The molecule has 0 spiro atoms. The van der Waals surface area contributed by atoms with Crippen molar-refractivity contribution in [3.8, 4) is 0 Å². The number of aliphatic imine (C=N–C) groups is 1. The van der Waals surface area contributed by atoms with Crippen LogP contribution in [-0.4, -0.2) is 84.5 Å². The van der Waals surface area contributed by atoms with Gasteiger partial charge in [-0.05, 0) is 30.7 Å². The van der Waals surface area contributed by atoms with E-state index in [9.17, 15) is 4.79 Å². The number of rotatable bonds is 6. The molecule has 0 aromatic carbocycles. The lowest BCUT2D eigenvalue weighted by Gasteiger charge is -2.34. The van der Waals surface area contributed by atoms with Gasteiger partial charge in [0.15, 0.2) is 5.96 Å². The van der Waals surface area contributed by atoms with E-state index in [1.54, 1.807) is 12.4 Å². The summed E-state index contributed by atoms with van der Waals surface area (Å²) >= 11 is 0. The van der Waals surface area contributed by atoms with Crippen LogP contribution in [0.1, 0.15) is 33.1 Å². The minimum Gasteiger partial charge on any atom is -0.356 e. The summed E-state index contributed by atoms with van der Waals surface area (Å²) in [7, 11) is 1.82. The molecular formula is C21H35N7O. The number of likely N-dealkylation sites (tertiary alicyclic amines) is 1. The molecule has 8 heteroatoms. The average Bonchev–Trinajstić information content (AvgIpc) is 3.19. The van der Waals surface area contributed by atoms with E-state index in [1.807, 2.05) is 18.0 Å². The van der Waals surface area contributed by atoms with Crippen molar-refractivity contribution in [2.45, 2.75) is 33.1 Å². The predicted octanol–water partition coefficient (Wildman–Crippen LogP) is 1.46. The molecule has 1 unspecified atom stereocenters. The fourth-order valence-electron chi connectivity index (χ4n) is 4.27. The quantitative estimate of drug-likeness (QED) is 0.574. The van der Waals surface area contributed by atoms with Crippen LogP contribution in [0.15, 0.2) is 23.5 Å². The van der Waals surface area contributed by atoms with Crippen molar-refractivity contribution in [2.24, 2.45) is 16.8 Å². The maximum atomic E-state index is 12.6. The lowest BCUT2D eigenvalue weighted by molar-refractivity contribution is -0.131. The predicted molar refractivity (Wildman–Crippen MR) is 116 cm³/mol. The van der Waals surface area contributed by atoms with Crippen LogP contribution < -0.4 is 10.2 Å². The number of carbonyl (C=O) groups excluding carboxylic acids is 1. The van der Waals surface area contributed by atoms with E-state index >= 15 is 0 Å². The SMILES string of the molecule is CN=C(NCCC(=O)N1CCN(c2ncccn2)CC1)N1CCC(CC(C)C)C1. The first-order valence-corrected chi connectivity index (χ1v) is 10.8. The first-order chi connectivity index (χ1) is 14.1. The maximum Gasteiger partial charge on any atom is 0.225 e. The molecule has 0 radical (unpaired) electrons. The van der Waals surface area contributed by atoms with Gasteiger partial charge in [0.25, 0.3) is 0 Å². The third kappa shape index (κ3) is 6.05. The summed E-state index contributed by atoms with van der Waals surface area (Å²) in [4.78, 5) is 32.0. The molecule has 1 N–H and O–H groups in total. The molecule has 0 saturated carbocycles. The average molecular weight is 402 g/mol. The number of amides is 1. The Morgan fingerprint density at radius 2 is 1.90 bits per heavy atom. The number of guanidine groups is 1. The molecule has 29 heavy (non-hydrogen) atoms. The molecule has 2 saturated heterocycles. The van der Waals surface area contributed by atoms with Crippen molar-refractivity contribution in [3.63, 3.8) is 0 Å². The van der Waals surface area contributed by atoms with Crippen molar-refractivity contribution < 1.29 is 4.79 Å². The molecule has 0 aliphatic carbocycles. The first kappa shape index (κ1) is 21.3. The van der Waals surface area contributed by atoms with E-state index in [1.165, 1.54) is 12.8 Å². The van der Waals surface area contributed by atoms with Gasteiger partial charge in [-0.3, -0.25) is 9.79 Å². The number of aromatic nitrogens is 2. The van der Waals surface area contributed by atoms with Gasteiger partial charge >= 0.3 is 0 Å². The van der Waals surface area contributed by atoms with E-state index in [-0.39, 0.29) is 5.91 Å². The number of hydrogen-bond acceptors (Lipinski definition) is 5. The molecule has 8 nitrogen and oxygen atoms in total. The van der Waals surface area contributed by atoms with Gasteiger partial charge in [-0.2, -0.15) is 0 Å². The van der Waals surface area contributed by atoms with Gasteiger partial charge in [-0.15, -0.1) is 0 Å². The standard InChI is InChI=1S/C21H35N7O/c1-17(2)15-18-6-10-28(16-18)20(22-3)25-9-5-19(29)26-11-13-27(14-12-26)21-23-7-4-8-24-21/h4,7-8,17-18H,5-6,9-16H2,1-3H3,(H,22,25). The highest BCUT2D eigenvalue weighted by molar-refractivity contribution is 5.81. The fourth-order valence-corrected chi connectivity index (χ4v) is 4.27. The number of carbonyl (C=O) groups is 1. The normalized spacial score (nSPS) is 20.5. The van der Waals surface area contributed by atoms with Crippen LogP contribution in [0.5, 0.6) is 0 Å². The second kappa shape index (κ2) is 10.4. The highest BCUT2D eigenvalue weighted by Gasteiger charge is 2.26. The monoisotopic (exact) mass is 401 g/mol. The smallest absolute Gasteiger partial charge is 0.225 e. The van der Waals surface area contributed by atoms with Gasteiger partial charge < -0.3 is 20.0 Å². The Hall–Kier alpha value is -2.38. The molecular weight excluding hydrogens is 366 g/mol. The summed E-state index contributed by atoms with van der Waals surface area (Å²) in [5, 5.41) is 3.39. The molecule has 1 amide bonds. The number of piperazine rings is 1. The van der Waals surface area contributed by atoms with Crippen molar-refractivity contribution in [3.05, 3.63) is 18.5 Å². The lowest BCUT2D eigenvalue weighted by Crippen LogP contribution is -2.50. The number of nitrogens with one attached hydrogen (secondary N) is 1. The highest BCUT2D eigenvalue weighted by Crippen LogP contribution is 2.23. The van der Waals surface area contributed by atoms with Gasteiger partial charge in [0.05, 0.1) is 0 Å². The third-order valence-electron chi connectivity index (χ3n) is 5.69. The third-order valence-corrected chi connectivity index (χ3v) is 5.69. The van der Waals surface area contributed by atoms with Gasteiger partial charge in [-0.25, -0.2) is 9.97 Å². The Morgan fingerprint density at radius 3 is 2.55 bits per heavy atom. The van der Waals surface area contributed by atoms with Crippen LogP contribution in [0.3, 0.4) is 0 Å². The number of hydrogen-bond donors (Lipinski definition) is 1. The summed E-state index contributed by atoms with van der Waals surface area (Å²) in [5.74, 6) is 3.35. The van der Waals surface area contributed by atoms with Crippen molar-refractivity contribution >= 4 is 17.8 Å². The van der Waals surface area contributed by atoms with Crippen LogP contribution in [0.25, 0.3) is 0 Å². The molecule has 2 aliphatic heterocycles. The summed E-state index contributed by atoms with van der Waals surface area (Å²) < 4.78 is 0. The highest BCUT2D eigenvalue weighted by atomic mass is 16.2. The maximum absolute atomic E-state index is 12.6. The number of anilines is 1. The van der Waals surface area contributed by atoms with Crippen molar-refractivity contribution in [1.82, 2.24) is 25.1 Å². The van der Waals surface area contributed by atoms with E-state index in [0.717, 1.165) is 63.0 Å². The van der Waals surface area contributed by atoms with E-state index in [4.69, 9.17) is 0 Å². The van der Waals surface area contributed by atoms with Gasteiger partial charge in [0.1, 0.15) is 0 Å². The molecule has 2 aliphatic rings. The van der Waals surface area contributed by atoms with Crippen molar-refractivity contribution in [2.75, 3.05) is 57.8 Å². The summed E-state index contributed by atoms with van der Waals surface area (Å²) in [6.45, 7) is 10.3. The molecule has 160 valence electrons. The van der Waals surface area contributed by atoms with Gasteiger partial charge in [0, 0.05) is 71.7 Å². The minimum atomic E-state index is 0.195. The van der Waals surface area contributed by atoms with Crippen LogP contribution >= 0.6 is 0 Å². The van der Waals surface area contributed by atoms with Crippen LogP contribution in [-0.2, 0) is 4.79 Å². The minimum absolute atomic E-state index is 0.195. The fraction of sp³-hybridized carbons (Fsp3) is 0.714. The number of nitrogens with zero attached hydrogens (tertiary/aromatic N) is 6. The second-order valence-electron chi connectivity index (χ2n) is 8.37. The molecule has 0 bridgehead atoms. The Kier molecular flexibility index (Phi) is 7.66. The second-order valence-corrected chi connectivity index (χ2v) is 8.37. The topological polar surface area (TPSA) is 77.0 Å². The Morgan fingerprint density at radius 1 is 1.17 bits per heavy atom. The summed E-state index contributed by atoms with van der Waals surface area (Å²) in [5.41, 5.74) is 0. The van der Waals surface area contributed by atoms with Crippen LogP contribution in [0, 0.1) is 11.8 Å².